The van der Waals surface area contributed by atoms with E-state index in [0.717, 1.165) is 17.7 Å². The lowest BCUT2D eigenvalue weighted by Crippen LogP contribution is -2.42. The van der Waals surface area contributed by atoms with E-state index in [4.69, 9.17) is 4.98 Å². The zero-order valence-corrected chi connectivity index (χ0v) is 19.4. The molecule has 2 aromatic carbocycles. The highest BCUT2D eigenvalue weighted by Gasteiger charge is 2.41. The first kappa shape index (κ1) is 22.9. The molecule has 3 aromatic rings. The van der Waals surface area contributed by atoms with E-state index in [2.05, 4.69) is 61.5 Å². The van der Waals surface area contributed by atoms with Crippen molar-refractivity contribution < 1.29 is 4.39 Å². The minimum atomic E-state index is -0.919. The molecule has 1 aliphatic carbocycles. The number of aromatic nitrogens is 1. The van der Waals surface area contributed by atoms with Crippen LogP contribution in [0.1, 0.15) is 53.2 Å². The first-order chi connectivity index (χ1) is 15.1. The van der Waals surface area contributed by atoms with E-state index in [1.54, 1.807) is 0 Å². The molecule has 0 saturated carbocycles. The molecule has 162 valence electrons. The third-order valence-corrected chi connectivity index (χ3v) is 6.38. The lowest BCUT2D eigenvalue weighted by Gasteiger charge is -2.40. The minimum Gasteiger partial charge on any atom is -0.257 e. The van der Waals surface area contributed by atoms with Gasteiger partial charge in [-0.3, -0.25) is 4.98 Å². The van der Waals surface area contributed by atoms with Crippen molar-refractivity contribution in [2.24, 2.45) is 11.3 Å². The summed E-state index contributed by atoms with van der Waals surface area (Å²) in [6.07, 6.45) is 8.55. The van der Waals surface area contributed by atoms with Gasteiger partial charge in [0.1, 0.15) is 6.17 Å². The van der Waals surface area contributed by atoms with Crippen LogP contribution in [0, 0.1) is 11.3 Å². The molecular formula is C29H34FN. The summed E-state index contributed by atoms with van der Waals surface area (Å²) < 4.78 is 15.4. The van der Waals surface area contributed by atoms with Crippen molar-refractivity contribution in [2.75, 3.05) is 0 Å². The Hall–Kier alpha value is -2.74. The van der Waals surface area contributed by atoms with Gasteiger partial charge < -0.3 is 0 Å². The first-order valence-corrected chi connectivity index (χ1v) is 11.5. The summed E-state index contributed by atoms with van der Waals surface area (Å²) in [6.45, 7) is 9.98. The molecule has 1 aliphatic rings. The normalized spacial score (nSPS) is 18.5. The lowest BCUT2D eigenvalue weighted by molar-refractivity contribution is 0.128. The van der Waals surface area contributed by atoms with Crippen LogP contribution in [0.5, 0.6) is 0 Å². The van der Waals surface area contributed by atoms with Crippen LogP contribution in [0.3, 0.4) is 0 Å². The van der Waals surface area contributed by atoms with Gasteiger partial charge in [0.05, 0.1) is 5.69 Å². The van der Waals surface area contributed by atoms with Crippen LogP contribution < -0.4 is 10.4 Å². The van der Waals surface area contributed by atoms with E-state index in [1.807, 2.05) is 52.1 Å². The summed E-state index contributed by atoms with van der Waals surface area (Å²) in [5.74, 6) is 0.0252. The van der Waals surface area contributed by atoms with Gasteiger partial charge in [0.15, 0.2) is 0 Å². The van der Waals surface area contributed by atoms with Gasteiger partial charge in [-0.2, -0.15) is 0 Å². The van der Waals surface area contributed by atoms with Crippen LogP contribution in [0.25, 0.3) is 22.4 Å². The standard InChI is InChI=1S/C27H28FN.C2H6/c1-4-15-27(3,25(28)5-2)23-14-13-21-17-19-10-6-7-11-20(19)18-22(21)26(23)24-12-8-9-16-29-24;1-2/h4,6-13,15-18,23,25H,5,14H2,1-3H3;1-2H3. The highest BCUT2D eigenvalue weighted by molar-refractivity contribution is 5.84. The van der Waals surface area contributed by atoms with E-state index in [0.29, 0.717) is 6.42 Å². The maximum absolute atomic E-state index is 15.4. The molecule has 4 rings (SSSR count). The second kappa shape index (κ2) is 10.0. The molecule has 0 spiro atoms. The number of halogens is 1. The van der Waals surface area contributed by atoms with Crippen molar-refractivity contribution in [3.8, 4) is 0 Å². The lowest BCUT2D eigenvalue weighted by atomic mass is 9.65. The number of alkyl halides is 1. The van der Waals surface area contributed by atoms with Crippen molar-refractivity contribution in [1.82, 2.24) is 4.98 Å². The van der Waals surface area contributed by atoms with E-state index >= 15 is 4.39 Å². The fourth-order valence-electron chi connectivity index (χ4n) is 4.85. The molecule has 0 radical (unpaired) electrons. The number of fused-ring (bicyclic) bond motifs is 2. The molecule has 0 aliphatic heterocycles. The molecule has 0 amide bonds. The van der Waals surface area contributed by atoms with E-state index < -0.39 is 11.6 Å². The summed E-state index contributed by atoms with van der Waals surface area (Å²) in [6, 6.07) is 19.0. The van der Waals surface area contributed by atoms with Gasteiger partial charge in [0.25, 0.3) is 0 Å². The Morgan fingerprint density at radius 1 is 1.10 bits per heavy atom. The van der Waals surface area contributed by atoms with Crippen molar-refractivity contribution in [3.05, 3.63) is 89.1 Å². The smallest absolute Gasteiger partial charge is 0.109 e. The SMILES string of the molecule is CC.CC=CC(C)(C(F)CC)C1CC=c2cc3ccccc3cc2=C1c1ccccn1. The average Bonchev–Trinajstić information content (AvgIpc) is 2.83. The Kier molecular flexibility index (Phi) is 7.43. The van der Waals surface area contributed by atoms with Crippen molar-refractivity contribution in [3.63, 3.8) is 0 Å². The fourth-order valence-corrected chi connectivity index (χ4v) is 4.85. The topological polar surface area (TPSA) is 12.9 Å². The Balaban J connectivity index is 0.00000132. The maximum Gasteiger partial charge on any atom is 0.109 e. The van der Waals surface area contributed by atoms with Gasteiger partial charge in [-0.15, -0.1) is 0 Å². The van der Waals surface area contributed by atoms with Gasteiger partial charge in [-0.25, -0.2) is 4.39 Å². The molecule has 31 heavy (non-hydrogen) atoms. The number of rotatable bonds is 5. The second-order valence-electron chi connectivity index (χ2n) is 8.15. The van der Waals surface area contributed by atoms with Crippen molar-refractivity contribution in [2.45, 2.75) is 53.6 Å². The molecule has 0 saturated heterocycles. The summed E-state index contributed by atoms with van der Waals surface area (Å²) in [5.41, 5.74) is 1.52. The van der Waals surface area contributed by atoms with Crippen LogP contribution >= 0.6 is 0 Å². The van der Waals surface area contributed by atoms with Gasteiger partial charge in [0, 0.05) is 17.5 Å². The van der Waals surface area contributed by atoms with Gasteiger partial charge >= 0.3 is 0 Å². The summed E-state index contributed by atoms with van der Waals surface area (Å²) in [5, 5.41) is 4.83. The number of benzene rings is 2. The first-order valence-electron chi connectivity index (χ1n) is 11.5. The monoisotopic (exact) mass is 415 g/mol. The van der Waals surface area contributed by atoms with E-state index in [1.165, 1.54) is 21.2 Å². The third-order valence-electron chi connectivity index (χ3n) is 6.38. The largest absolute Gasteiger partial charge is 0.257 e. The Morgan fingerprint density at radius 3 is 2.39 bits per heavy atom. The van der Waals surface area contributed by atoms with Crippen LogP contribution in [0.4, 0.5) is 4.39 Å². The zero-order chi connectivity index (χ0) is 22.4. The Labute approximate surface area is 186 Å². The number of allylic oxidation sites excluding steroid dienone is 2. The molecule has 0 bridgehead atoms. The van der Waals surface area contributed by atoms with Crippen molar-refractivity contribution >= 4 is 22.4 Å². The summed E-state index contributed by atoms with van der Waals surface area (Å²) in [7, 11) is 0. The van der Waals surface area contributed by atoms with Crippen LogP contribution in [0.15, 0.2) is 72.9 Å². The highest BCUT2D eigenvalue weighted by atomic mass is 19.1. The zero-order valence-electron chi connectivity index (χ0n) is 19.4. The summed E-state index contributed by atoms with van der Waals surface area (Å²) in [4.78, 5) is 4.69. The Morgan fingerprint density at radius 2 is 1.77 bits per heavy atom. The molecule has 0 fully saturated rings. The molecule has 3 atom stereocenters. The maximum atomic E-state index is 15.4. The molecule has 1 aromatic heterocycles. The molecule has 3 unspecified atom stereocenters. The molecule has 0 N–H and O–H groups in total. The molecule has 1 heterocycles. The molecule has 2 heteroatoms. The third kappa shape index (κ3) is 4.35. The number of hydrogen-bond donors (Lipinski definition) is 0. The predicted octanol–water partition coefficient (Wildman–Crippen LogP) is 6.59. The second-order valence-corrected chi connectivity index (χ2v) is 8.15. The number of pyridine rings is 1. The molecule has 1 nitrogen and oxygen atoms in total. The van der Waals surface area contributed by atoms with Crippen LogP contribution in [-0.4, -0.2) is 11.2 Å². The van der Waals surface area contributed by atoms with E-state index in [9.17, 15) is 0 Å². The quantitative estimate of drug-likeness (QED) is 0.428. The number of hydrogen-bond acceptors (Lipinski definition) is 1. The highest BCUT2D eigenvalue weighted by Crippen LogP contribution is 2.45. The predicted molar refractivity (Wildman–Crippen MR) is 132 cm³/mol. The average molecular weight is 416 g/mol. The van der Waals surface area contributed by atoms with Gasteiger partial charge in [0.2, 0.25) is 0 Å². The molecular weight excluding hydrogens is 381 g/mol. The van der Waals surface area contributed by atoms with Gasteiger partial charge in [-0.1, -0.05) is 76.3 Å². The Bertz CT molecular complexity index is 1160. The fraction of sp³-hybridized carbons (Fsp3) is 0.345. The van der Waals surface area contributed by atoms with Crippen LogP contribution in [-0.2, 0) is 0 Å². The number of nitrogens with zero attached hydrogens (tertiary/aromatic N) is 1. The van der Waals surface area contributed by atoms with Crippen molar-refractivity contribution in [1.29, 1.82) is 0 Å². The summed E-state index contributed by atoms with van der Waals surface area (Å²) >= 11 is 0. The van der Waals surface area contributed by atoms with Crippen LogP contribution in [0.2, 0.25) is 0 Å². The van der Waals surface area contributed by atoms with E-state index in [-0.39, 0.29) is 5.92 Å². The minimum absolute atomic E-state index is 0.0252. The van der Waals surface area contributed by atoms with Gasteiger partial charge in [-0.05, 0) is 70.8 Å².